The largest absolute Gasteiger partial charge is 0.481 e. The molecule has 0 spiro atoms. The highest BCUT2D eigenvalue weighted by molar-refractivity contribution is 5.72. The van der Waals surface area contributed by atoms with Gasteiger partial charge in [-0.2, -0.15) is 0 Å². The topological polar surface area (TPSA) is 66.8 Å². The summed E-state index contributed by atoms with van der Waals surface area (Å²) in [5.74, 6) is -0.876. The second kappa shape index (κ2) is 3.48. The first-order valence-corrected chi connectivity index (χ1v) is 4.87. The molecule has 2 rings (SSSR count). The Kier molecular flexibility index (Phi) is 2.31. The molecular weight excluding hydrogens is 186 g/mol. The summed E-state index contributed by atoms with van der Waals surface area (Å²) < 4.78 is 5.12. The van der Waals surface area contributed by atoms with E-state index in [-0.39, 0.29) is 31.2 Å². The predicted molar refractivity (Wildman–Crippen MR) is 46.9 cm³/mol. The molecule has 5 heteroatoms. The highest BCUT2D eigenvalue weighted by Gasteiger charge is 2.44. The lowest BCUT2D eigenvalue weighted by molar-refractivity contribution is -0.137. The molecule has 1 amide bonds. The van der Waals surface area contributed by atoms with Gasteiger partial charge in [0.05, 0.1) is 12.5 Å². The summed E-state index contributed by atoms with van der Waals surface area (Å²) in [7, 11) is 0. The fraction of sp³-hybridized carbons (Fsp3) is 0.778. The SMILES string of the molecule is O=C(O)CCN1C(=O)OC2CCCC21. The zero-order valence-corrected chi connectivity index (χ0v) is 7.81. The van der Waals surface area contributed by atoms with Gasteiger partial charge in [0.2, 0.25) is 0 Å². The van der Waals surface area contributed by atoms with E-state index in [1.165, 1.54) is 0 Å². The third-order valence-electron chi connectivity index (χ3n) is 2.87. The van der Waals surface area contributed by atoms with Crippen LogP contribution in [0.15, 0.2) is 0 Å². The summed E-state index contributed by atoms with van der Waals surface area (Å²) in [6.45, 7) is 0.273. The summed E-state index contributed by atoms with van der Waals surface area (Å²) in [6, 6.07) is 0.127. The molecule has 0 aromatic rings. The first kappa shape index (κ1) is 9.30. The zero-order chi connectivity index (χ0) is 10.1. The Hall–Kier alpha value is -1.26. The number of fused-ring (bicyclic) bond motifs is 1. The van der Waals surface area contributed by atoms with Crippen LogP contribution in [-0.2, 0) is 9.53 Å². The van der Waals surface area contributed by atoms with Gasteiger partial charge in [0.25, 0.3) is 0 Å². The van der Waals surface area contributed by atoms with Crippen molar-refractivity contribution in [3.05, 3.63) is 0 Å². The van der Waals surface area contributed by atoms with E-state index in [0.29, 0.717) is 0 Å². The third-order valence-corrected chi connectivity index (χ3v) is 2.87. The molecule has 1 saturated heterocycles. The Labute approximate surface area is 81.6 Å². The molecule has 14 heavy (non-hydrogen) atoms. The molecule has 0 aromatic heterocycles. The molecule has 1 heterocycles. The molecular formula is C9H13NO4. The quantitative estimate of drug-likeness (QED) is 0.731. The summed E-state index contributed by atoms with van der Waals surface area (Å²) in [4.78, 5) is 23.2. The van der Waals surface area contributed by atoms with Crippen LogP contribution in [0.2, 0.25) is 0 Å². The fourth-order valence-electron chi connectivity index (χ4n) is 2.21. The number of carboxylic acid groups (broad SMARTS) is 1. The minimum atomic E-state index is -0.876. The first-order valence-electron chi connectivity index (χ1n) is 4.87. The number of ether oxygens (including phenoxy) is 1. The lowest BCUT2D eigenvalue weighted by Crippen LogP contribution is -2.35. The van der Waals surface area contributed by atoms with Gasteiger partial charge in [-0.25, -0.2) is 4.79 Å². The Bertz CT molecular complexity index is 266. The molecule has 0 bridgehead atoms. The van der Waals surface area contributed by atoms with Crippen molar-refractivity contribution in [3.63, 3.8) is 0 Å². The summed E-state index contributed by atoms with van der Waals surface area (Å²) in [6.07, 6.45) is 2.58. The van der Waals surface area contributed by atoms with Crippen molar-refractivity contribution in [3.8, 4) is 0 Å². The lowest BCUT2D eigenvalue weighted by atomic mass is 10.2. The van der Waals surface area contributed by atoms with Gasteiger partial charge in [-0.1, -0.05) is 0 Å². The molecule has 2 unspecified atom stereocenters. The highest BCUT2D eigenvalue weighted by atomic mass is 16.6. The molecule has 1 saturated carbocycles. The number of carbonyl (C=O) groups is 2. The molecule has 2 fully saturated rings. The van der Waals surface area contributed by atoms with E-state index in [9.17, 15) is 9.59 Å². The smallest absolute Gasteiger partial charge is 0.410 e. The van der Waals surface area contributed by atoms with E-state index < -0.39 is 5.97 Å². The molecule has 1 aliphatic carbocycles. The maximum absolute atomic E-state index is 11.3. The van der Waals surface area contributed by atoms with Gasteiger partial charge in [-0.05, 0) is 19.3 Å². The summed E-state index contributed by atoms with van der Waals surface area (Å²) in [5.41, 5.74) is 0. The van der Waals surface area contributed by atoms with Crippen molar-refractivity contribution in [1.82, 2.24) is 4.90 Å². The number of nitrogens with zero attached hydrogens (tertiary/aromatic N) is 1. The van der Waals surface area contributed by atoms with Crippen molar-refractivity contribution in [2.45, 2.75) is 37.8 Å². The van der Waals surface area contributed by atoms with Crippen LogP contribution >= 0.6 is 0 Å². The maximum atomic E-state index is 11.3. The molecule has 5 nitrogen and oxygen atoms in total. The van der Waals surface area contributed by atoms with Crippen molar-refractivity contribution < 1.29 is 19.4 Å². The van der Waals surface area contributed by atoms with Gasteiger partial charge < -0.3 is 14.7 Å². The number of hydrogen-bond donors (Lipinski definition) is 1. The molecule has 2 atom stereocenters. The molecule has 0 radical (unpaired) electrons. The van der Waals surface area contributed by atoms with E-state index >= 15 is 0 Å². The van der Waals surface area contributed by atoms with Gasteiger partial charge in [-0.15, -0.1) is 0 Å². The number of carbonyl (C=O) groups excluding carboxylic acids is 1. The summed E-state index contributed by atoms with van der Waals surface area (Å²) in [5, 5.41) is 8.52. The minimum Gasteiger partial charge on any atom is -0.481 e. The first-order chi connectivity index (χ1) is 6.68. The van der Waals surface area contributed by atoms with Crippen LogP contribution in [0.5, 0.6) is 0 Å². The van der Waals surface area contributed by atoms with Crippen molar-refractivity contribution in [1.29, 1.82) is 0 Å². The normalized spacial score (nSPS) is 30.3. The molecule has 1 N–H and O–H groups in total. The Morgan fingerprint density at radius 3 is 3.07 bits per heavy atom. The van der Waals surface area contributed by atoms with Crippen LogP contribution < -0.4 is 0 Å². The van der Waals surface area contributed by atoms with Crippen LogP contribution in [0, 0.1) is 0 Å². The second-order valence-electron chi connectivity index (χ2n) is 3.76. The number of amides is 1. The van der Waals surface area contributed by atoms with E-state index in [1.807, 2.05) is 0 Å². The minimum absolute atomic E-state index is 0.00167. The number of carboxylic acids is 1. The van der Waals surface area contributed by atoms with Crippen LogP contribution in [0.1, 0.15) is 25.7 Å². The zero-order valence-electron chi connectivity index (χ0n) is 7.81. The van der Waals surface area contributed by atoms with Crippen molar-refractivity contribution in [2.75, 3.05) is 6.54 Å². The van der Waals surface area contributed by atoms with Gasteiger partial charge in [-0.3, -0.25) is 4.79 Å². The number of rotatable bonds is 3. The van der Waals surface area contributed by atoms with Gasteiger partial charge in [0.15, 0.2) is 0 Å². The third kappa shape index (κ3) is 1.54. The van der Waals surface area contributed by atoms with Gasteiger partial charge >= 0.3 is 12.1 Å². The lowest BCUT2D eigenvalue weighted by Gasteiger charge is -2.18. The standard InChI is InChI=1S/C9H13NO4/c11-8(12)4-5-10-6-2-1-3-7(6)14-9(10)13/h6-7H,1-5H2,(H,11,12). The van der Waals surface area contributed by atoms with Crippen LogP contribution in [0.3, 0.4) is 0 Å². The number of hydrogen-bond acceptors (Lipinski definition) is 3. The van der Waals surface area contributed by atoms with Gasteiger partial charge in [0, 0.05) is 6.54 Å². The van der Waals surface area contributed by atoms with E-state index in [1.54, 1.807) is 4.90 Å². The number of aliphatic carboxylic acids is 1. The Balaban J connectivity index is 1.95. The van der Waals surface area contributed by atoms with Crippen LogP contribution in [-0.4, -0.2) is 40.8 Å². The second-order valence-corrected chi connectivity index (χ2v) is 3.76. The average Bonchev–Trinajstić information content (AvgIpc) is 2.61. The molecule has 1 aliphatic heterocycles. The highest BCUT2D eigenvalue weighted by Crippen LogP contribution is 2.32. The molecule has 2 aliphatic rings. The van der Waals surface area contributed by atoms with Crippen molar-refractivity contribution >= 4 is 12.1 Å². The average molecular weight is 199 g/mol. The van der Waals surface area contributed by atoms with E-state index in [4.69, 9.17) is 9.84 Å². The monoisotopic (exact) mass is 199 g/mol. The predicted octanol–water partition coefficient (Wildman–Crippen LogP) is 0.834. The fourth-order valence-corrected chi connectivity index (χ4v) is 2.21. The molecule has 78 valence electrons. The Morgan fingerprint density at radius 2 is 2.36 bits per heavy atom. The summed E-state index contributed by atoms with van der Waals surface area (Å²) >= 11 is 0. The van der Waals surface area contributed by atoms with Gasteiger partial charge in [0.1, 0.15) is 6.10 Å². The van der Waals surface area contributed by atoms with Crippen LogP contribution in [0.4, 0.5) is 4.79 Å². The van der Waals surface area contributed by atoms with E-state index in [0.717, 1.165) is 19.3 Å². The Morgan fingerprint density at radius 1 is 1.57 bits per heavy atom. The molecule has 0 aromatic carbocycles. The van der Waals surface area contributed by atoms with Crippen LogP contribution in [0.25, 0.3) is 0 Å². The maximum Gasteiger partial charge on any atom is 0.410 e. The van der Waals surface area contributed by atoms with Crippen molar-refractivity contribution in [2.24, 2.45) is 0 Å². The van der Waals surface area contributed by atoms with E-state index in [2.05, 4.69) is 0 Å².